The van der Waals surface area contributed by atoms with Gasteiger partial charge in [-0.25, -0.2) is 19.6 Å². The molecule has 4 heterocycles. The van der Waals surface area contributed by atoms with Crippen LogP contribution in [-0.2, 0) is 47.8 Å². The minimum atomic E-state index is -1.75. The normalized spacial score (nSPS) is 29.5. The van der Waals surface area contributed by atoms with Gasteiger partial charge in [-0.1, -0.05) is 64.1 Å². The number of carbonyl (C=O) groups is 10. The van der Waals surface area contributed by atoms with Crippen LogP contribution < -0.4 is 21.3 Å². The van der Waals surface area contributed by atoms with Crippen molar-refractivity contribution in [3.63, 3.8) is 0 Å². The second-order valence-corrected chi connectivity index (χ2v) is 24.6. The Balaban J connectivity index is 1.21. The van der Waals surface area contributed by atoms with E-state index in [1.54, 1.807) is 62.4 Å². The Bertz CT molecular complexity index is 3260. The van der Waals surface area contributed by atoms with Crippen LogP contribution in [0.2, 0.25) is 0 Å². The van der Waals surface area contributed by atoms with Crippen LogP contribution in [0.25, 0.3) is 21.8 Å². The molecular formula is C56H68N10O14S2. The summed E-state index contributed by atoms with van der Waals surface area (Å²) in [6.45, 7) is 8.20. The first-order valence-electron chi connectivity index (χ1n) is 26.9. The summed E-state index contributed by atoms with van der Waals surface area (Å²) >= 11 is 2.37. The second-order valence-electron chi connectivity index (χ2n) is 21.6. The minimum absolute atomic E-state index is 0.0686. The van der Waals surface area contributed by atoms with Crippen molar-refractivity contribution >= 4 is 105 Å². The van der Waals surface area contributed by atoms with Crippen LogP contribution in [0.4, 0.5) is 0 Å². The lowest BCUT2D eigenvalue weighted by Gasteiger charge is -2.40. The number of cyclic esters (lactones) is 2. The van der Waals surface area contributed by atoms with Gasteiger partial charge in [-0.05, 0) is 69.2 Å². The summed E-state index contributed by atoms with van der Waals surface area (Å²) in [4.78, 5) is 160. The van der Waals surface area contributed by atoms with Crippen molar-refractivity contribution in [3.8, 4) is 11.5 Å². The van der Waals surface area contributed by atoms with Crippen molar-refractivity contribution in [2.75, 3.05) is 47.2 Å². The van der Waals surface area contributed by atoms with Gasteiger partial charge in [-0.2, -0.15) is 0 Å². The number of benzene rings is 2. The van der Waals surface area contributed by atoms with Gasteiger partial charge < -0.3 is 60.6 Å². The Morgan fingerprint density at radius 1 is 0.683 bits per heavy atom. The molecule has 24 nitrogen and oxygen atoms in total. The number of nitrogens with one attached hydrogen (secondary N) is 4. The first-order chi connectivity index (χ1) is 38.8. The van der Waals surface area contributed by atoms with E-state index >= 15 is 9.59 Å². The molecule has 82 heavy (non-hydrogen) atoms. The number of hydrogen-bond acceptors (Lipinski definition) is 18. The van der Waals surface area contributed by atoms with E-state index in [0.29, 0.717) is 28.2 Å². The smallest absolute Gasteiger partial charge is 0.332 e. The molecule has 2 aromatic heterocycles. The lowest BCUT2D eigenvalue weighted by atomic mass is 10.1. The van der Waals surface area contributed by atoms with Crippen LogP contribution in [0.5, 0.6) is 11.5 Å². The lowest BCUT2D eigenvalue weighted by molar-refractivity contribution is -0.161. The molecule has 2 aromatic carbocycles. The number of likely N-dealkylation sites (N-methyl/N-ethyl adjacent to an activating group) is 4. The Hall–Kier alpha value is -7.74. The zero-order valence-electron chi connectivity index (χ0n) is 47.1. The number of para-hydroxylation sites is 2. The average molecular weight is 1170 g/mol. The van der Waals surface area contributed by atoms with Gasteiger partial charge in [0.05, 0.1) is 15.6 Å². The van der Waals surface area contributed by atoms with Crippen molar-refractivity contribution in [1.29, 1.82) is 0 Å². The number of amides is 8. The van der Waals surface area contributed by atoms with E-state index in [4.69, 9.17) is 9.47 Å². The topological polar surface area (TPSA) is 316 Å². The third kappa shape index (κ3) is 11.7. The first-order valence-corrected chi connectivity index (χ1v) is 28.9. The summed E-state index contributed by atoms with van der Waals surface area (Å²) in [7, 11) is 5.41. The van der Waals surface area contributed by atoms with Crippen molar-refractivity contribution in [1.82, 2.24) is 50.8 Å². The first kappa shape index (κ1) is 60.4. The number of aromatic nitrogens is 2. The molecule has 4 aliphatic rings. The van der Waals surface area contributed by atoms with Crippen molar-refractivity contribution in [2.45, 2.75) is 118 Å². The van der Waals surface area contributed by atoms with Crippen molar-refractivity contribution < 1.29 is 67.6 Å². The number of nitrogens with zero attached hydrogens (tertiary/aromatic N) is 6. The van der Waals surface area contributed by atoms with E-state index < -0.39 is 159 Å². The quantitative estimate of drug-likeness (QED) is 0.144. The van der Waals surface area contributed by atoms with E-state index in [0.717, 1.165) is 26.5 Å². The van der Waals surface area contributed by atoms with Gasteiger partial charge in [0.15, 0.2) is 11.4 Å². The summed E-state index contributed by atoms with van der Waals surface area (Å²) in [5.41, 5.74) is -3.61. The fraction of sp³-hybridized carbons (Fsp3) is 0.500. The Labute approximate surface area is 481 Å². The van der Waals surface area contributed by atoms with Gasteiger partial charge >= 0.3 is 11.9 Å². The molecule has 4 fully saturated rings. The maximum atomic E-state index is 15.7. The van der Waals surface area contributed by atoms with Gasteiger partial charge in [0.1, 0.15) is 72.0 Å². The molecular weight excluding hydrogens is 1100 g/mol. The van der Waals surface area contributed by atoms with Gasteiger partial charge in [0.25, 0.3) is 11.8 Å². The number of aromatic hydroxyl groups is 2. The van der Waals surface area contributed by atoms with E-state index in [1.165, 1.54) is 70.8 Å². The highest BCUT2D eigenvalue weighted by Crippen LogP contribution is 2.51. The third-order valence-corrected chi connectivity index (χ3v) is 19.3. The van der Waals surface area contributed by atoms with Crippen LogP contribution in [0, 0.1) is 11.8 Å². The molecule has 2 bridgehead atoms. The van der Waals surface area contributed by atoms with Crippen LogP contribution >= 0.6 is 23.5 Å². The van der Waals surface area contributed by atoms with Crippen molar-refractivity contribution in [2.24, 2.45) is 11.8 Å². The fourth-order valence-electron chi connectivity index (χ4n) is 10.5. The summed E-state index contributed by atoms with van der Waals surface area (Å²) in [6.07, 6.45) is 0.703. The maximum absolute atomic E-state index is 15.7. The number of fused-ring (bicyclic) bond motifs is 6. The van der Waals surface area contributed by atoms with Crippen LogP contribution in [0.1, 0.15) is 81.8 Å². The molecule has 2 saturated carbocycles. The van der Waals surface area contributed by atoms with Crippen LogP contribution in [0.3, 0.4) is 0 Å². The maximum Gasteiger partial charge on any atom is 0.332 e. The molecule has 438 valence electrons. The summed E-state index contributed by atoms with van der Waals surface area (Å²) in [6, 6.07) is 6.60. The molecule has 8 amide bonds. The molecule has 6 N–H and O–H groups in total. The average Bonchev–Trinajstić information content (AvgIpc) is 4.55. The number of rotatable bonds is 7. The summed E-state index contributed by atoms with van der Waals surface area (Å²) in [5, 5.41) is 32.8. The standard InChI is InChI=1S/C56H68N10O14S2/c1-11-29(4)82-52-43-51(76)66(10)56(23-28(56)3)54(78)80-25-36(61-46(71)41-39(67)20-32-16-12-14-18-34(32)59-41)44(69)57-30(5)48(73)63(7)38(26-81-52)50(75)65(9)55(22-27(55)2)53(77)79-24-37(45(70)58-31(6)49(74)64(43)8)62-47(72)42-40(68)21-33-17-13-15-19-35(33)60-42/h12-21,27-31,36-38,43,52,67-68H,11,22-26H2,1-10H3,(H,57,69)(H,58,70)(H,61,71)(H,62,72)/t27-,28-,29?,30-,31-,36+,37+,38-,43+,52-,55-,56-/m0/s1. The highest BCUT2D eigenvalue weighted by Gasteiger charge is 2.66. The Kier molecular flexibility index (Phi) is 17.7. The molecule has 4 aromatic rings. The number of hydrogen-bond donors (Lipinski definition) is 6. The molecule has 0 radical (unpaired) electrons. The third-order valence-electron chi connectivity index (χ3n) is 16.1. The van der Waals surface area contributed by atoms with E-state index in [1.807, 2.05) is 13.8 Å². The van der Waals surface area contributed by atoms with Gasteiger partial charge in [-0.3, -0.25) is 38.4 Å². The highest BCUT2D eigenvalue weighted by molar-refractivity contribution is 8.17. The van der Waals surface area contributed by atoms with E-state index in [9.17, 15) is 48.6 Å². The number of thioether (sulfide) groups is 2. The zero-order chi connectivity index (χ0) is 59.9. The van der Waals surface area contributed by atoms with E-state index in [2.05, 4.69) is 31.2 Å². The minimum Gasteiger partial charge on any atom is -0.505 e. The van der Waals surface area contributed by atoms with Gasteiger partial charge in [0.2, 0.25) is 35.4 Å². The molecule has 2 spiro atoms. The lowest BCUT2D eigenvalue weighted by Crippen LogP contribution is -2.61. The van der Waals surface area contributed by atoms with E-state index in [-0.39, 0.29) is 23.8 Å². The fourth-order valence-corrected chi connectivity index (χ4v) is 14.0. The van der Waals surface area contributed by atoms with Gasteiger partial charge in [0, 0.05) is 50.0 Å². The predicted molar refractivity (Wildman–Crippen MR) is 302 cm³/mol. The molecule has 8 rings (SSSR count). The number of pyridine rings is 2. The monoisotopic (exact) mass is 1170 g/mol. The molecule has 2 aliphatic carbocycles. The summed E-state index contributed by atoms with van der Waals surface area (Å²) in [5.74, 6) is -11.6. The van der Waals surface area contributed by atoms with Crippen LogP contribution in [0.15, 0.2) is 60.7 Å². The highest BCUT2D eigenvalue weighted by atomic mass is 32.2. The zero-order valence-corrected chi connectivity index (χ0v) is 48.7. The summed E-state index contributed by atoms with van der Waals surface area (Å²) < 4.78 is 10.7. The number of esters is 2. The van der Waals surface area contributed by atoms with Gasteiger partial charge in [-0.15, -0.1) is 23.5 Å². The van der Waals surface area contributed by atoms with Crippen molar-refractivity contribution in [3.05, 3.63) is 72.1 Å². The molecule has 1 unspecified atom stereocenters. The van der Waals surface area contributed by atoms with Crippen LogP contribution in [-0.4, -0.2) is 203 Å². The number of carbonyl (C=O) groups excluding carboxylic acids is 10. The molecule has 2 aliphatic heterocycles. The second kappa shape index (κ2) is 24.0. The molecule has 2 saturated heterocycles. The predicted octanol–water partition coefficient (Wildman–Crippen LogP) is 1.93. The largest absolute Gasteiger partial charge is 0.505 e. The molecule has 26 heteroatoms. The Morgan fingerprint density at radius 2 is 1.10 bits per heavy atom. The Morgan fingerprint density at radius 3 is 1.52 bits per heavy atom. The number of ether oxygens (including phenoxy) is 2. The molecule has 12 atom stereocenters. The SMILES string of the molecule is CCC(C)S[C@@H]1SC[C@H]2C(=O)N(C)[C@]3(C[C@@H]3C)C(=O)OC[C@@H](NC(=O)c3nc4ccccc4cc3O)C(=O)N[C@@H](C)C(=O)N(C)[C@@H]1C(=O)N(C)[C@]1(C[C@@H]1C)C(=O)OC[C@@H](NC(=O)c1nc3ccccc3cc1O)C(=O)N[C@@H](C)C(=O)N2C.